The molecule has 2 aromatic carbocycles. The van der Waals surface area contributed by atoms with Gasteiger partial charge in [-0.1, -0.05) is 36.7 Å². The average molecular weight is 373 g/mol. The number of hydrogen-bond acceptors (Lipinski definition) is 2. The van der Waals surface area contributed by atoms with E-state index < -0.39 is 0 Å². The Morgan fingerprint density at radius 2 is 2.10 bits per heavy atom. The van der Waals surface area contributed by atoms with E-state index in [1.807, 2.05) is 19.1 Å². The molecular weight excluding hydrogens is 357 g/mol. The molecule has 0 radical (unpaired) electrons. The van der Waals surface area contributed by atoms with Crippen molar-refractivity contribution < 1.29 is 9.13 Å². The number of ether oxygens (including phenoxy) is 1. The first kappa shape index (κ1) is 16.3. The first-order valence-corrected chi connectivity index (χ1v) is 7.76. The summed E-state index contributed by atoms with van der Waals surface area (Å²) in [6, 6.07) is 10.5. The molecule has 0 spiro atoms. The summed E-state index contributed by atoms with van der Waals surface area (Å²) in [4.78, 5) is 0. The van der Waals surface area contributed by atoms with E-state index in [2.05, 4.69) is 21.2 Å². The number of methoxy groups -OCH3 is 1. The molecule has 0 aliphatic heterocycles. The molecule has 21 heavy (non-hydrogen) atoms. The fourth-order valence-corrected chi connectivity index (χ4v) is 2.86. The Hall–Kier alpha value is -1.10. The van der Waals surface area contributed by atoms with E-state index in [0.717, 1.165) is 5.56 Å². The highest BCUT2D eigenvalue weighted by atomic mass is 79.9. The van der Waals surface area contributed by atoms with Crippen LogP contribution in [0.1, 0.15) is 24.1 Å². The van der Waals surface area contributed by atoms with Crippen LogP contribution in [0.25, 0.3) is 0 Å². The molecule has 0 heterocycles. The average Bonchev–Trinajstić information content (AvgIpc) is 2.48. The topological polar surface area (TPSA) is 21.3 Å². The maximum Gasteiger partial charge on any atom is 0.142 e. The summed E-state index contributed by atoms with van der Waals surface area (Å²) in [5.74, 6) is 0.334. The summed E-state index contributed by atoms with van der Waals surface area (Å²) in [6.45, 7) is 2.69. The maximum atomic E-state index is 14.4. The molecule has 1 N–H and O–H groups in total. The van der Waals surface area contributed by atoms with Crippen molar-refractivity contribution in [3.8, 4) is 5.75 Å². The standard InChI is InChI=1S/C16H16BrClFNO/c1-3-20-16(11-5-4-6-12(17)15(11)19)10-7-8-14(21-2)13(18)9-10/h4-9,16,20H,3H2,1-2H3. The van der Waals surface area contributed by atoms with Crippen molar-refractivity contribution in [3.63, 3.8) is 0 Å². The van der Waals surface area contributed by atoms with Crippen LogP contribution in [0.15, 0.2) is 40.9 Å². The monoisotopic (exact) mass is 371 g/mol. The smallest absolute Gasteiger partial charge is 0.142 e. The molecule has 0 saturated carbocycles. The Morgan fingerprint density at radius 1 is 1.33 bits per heavy atom. The molecule has 0 aliphatic rings. The Bertz CT molecular complexity index is 636. The Labute approximate surface area is 137 Å². The SMILES string of the molecule is CCNC(c1ccc(OC)c(Cl)c1)c1cccc(Br)c1F. The van der Waals surface area contributed by atoms with Gasteiger partial charge >= 0.3 is 0 Å². The molecule has 1 atom stereocenters. The molecule has 0 aliphatic carbocycles. The van der Waals surface area contributed by atoms with Crippen molar-refractivity contribution in [1.29, 1.82) is 0 Å². The van der Waals surface area contributed by atoms with Gasteiger partial charge in [-0.25, -0.2) is 4.39 Å². The number of nitrogens with one attached hydrogen (secondary N) is 1. The molecule has 2 nitrogen and oxygen atoms in total. The predicted octanol–water partition coefficient (Wildman–Crippen LogP) is 4.95. The van der Waals surface area contributed by atoms with Crippen molar-refractivity contribution in [3.05, 3.63) is 62.8 Å². The van der Waals surface area contributed by atoms with Gasteiger partial charge in [0.05, 0.1) is 22.6 Å². The van der Waals surface area contributed by atoms with Crippen LogP contribution in [0.4, 0.5) is 4.39 Å². The molecule has 5 heteroatoms. The highest BCUT2D eigenvalue weighted by Gasteiger charge is 2.19. The molecule has 112 valence electrons. The summed E-state index contributed by atoms with van der Waals surface area (Å²) in [5.41, 5.74) is 1.46. The highest BCUT2D eigenvalue weighted by molar-refractivity contribution is 9.10. The lowest BCUT2D eigenvalue weighted by atomic mass is 9.98. The van der Waals surface area contributed by atoms with E-state index in [0.29, 0.717) is 27.4 Å². The second-order valence-corrected chi connectivity index (χ2v) is 5.79. The molecule has 0 aromatic heterocycles. The molecule has 1 unspecified atom stereocenters. The highest BCUT2D eigenvalue weighted by Crippen LogP contribution is 2.32. The Balaban J connectivity index is 2.48. The third-order valence-electron chi connectivity index (χ3n) is 3.21. The predicted molar refractivity (Wildman–Crippen MR) is 87.6 cm³/mol. The number of halogens is 3. The first-order valence-electron chi connectivity index (χ1n) is 6.59. The summed E-state index contributed by atoms with van der Waals surface area (Å²) in [6.07, 6.45) is 0. The van der Waals surface area contributed by atoms with Gasteiger partial charge in [0.25, 0.3) is 0 Å². The molecule has 2 aromatic rings. The lowest BCUT2D eigenvalue weighted by Crippen LogP contribution is -2.23. The van der Waals surface area contributed by atoms with Crippen LogP contribution in [-0.4, -0.2) is 13.7 Å². The zero-order chi connectivity index (χ0) is 15.4. The number of rotatable bonds is 5. The largest absolute Gasteiger partial charge is 0.495 e. The van der Waals surface area contributed by atoms with E-state index in [1.165, 1.54) is 0 Å². The molecule has 0 fully saturated rings. The van der Waals surface area contributed by atoms with Gasteiger partial charge in [-0.2, -0.15) is 0 Å². The fourth-order valence-electron chi connectivity index (χ4n) is 2.22. The molecule has 2 rings (SSSR count). The fraction of sp³-hybridized carbons (Fsp3) is 0.250. The van der Waals surface area contributed by atoms with Gasteiger partial charge in [0, 0.05) is 5.56 Å². The van der Waals surface area contributed by atoms with Crippen LogP contribution < -0.4 is 10.1 Å². The first-order chi connectivity index (χ1) is 10.1. The van der Waals surface area contributed by atoms with Gasteiger partial charge in [-0.3, -0.25) is 0 Å². The zero-order valence-corrected chi connectivity index (χ0v) is 14.1. The van der Waals surface area contributed by atoms with E-state index in [9.17, 15) is 4.39 Å². The second kappa shape index (κ2) is 7.25. The van der Waals surface area contributed by atoms with Gasteiger partial charge in [0.15, 0.2) is 0 Å². The van der Waals surface area contributed by atoms with E-state index in [-0.39, 0.29) is 11.9 Å². The van der Waals surface area contributed by atoms with E-state index >= 15 is 0 Å². The minimum Gasteiger partial charge on any atom is -0.495 e. The Morgan fingerprint density at radius 3 is 2.71 bits per heavy atom. The second-order valence-electron chi connectivity index (χ2n) is 4.53. The zero-order valence-electron chi connectivity index (χ0n) is 11.8. The van der Waals surface area contributed by atoms with Crippen molar-refractivity contribution in [2.75, 3.05) is 13.7 Å². The third-order valence-corrected chi connectivity index (χ3v) is 4.12. The van der Waals surface area contributed by atoms with Crippen molar-refractivity contribution in [2.45, 2.75) is 13.0 Å². The molecule has 0 amide bonds. The number of benzene rings is 2. The van der Waals surface area contributed by atoms with Crippen molar-refractivity contribution in [1.82, 2.24) is 5.32 Å². The van der Waals surface area contributed by atoms with Crippen LogP contribution in [0, 0.1) is 5.82 Å². The van der Waals surface area contributed by atoms with Gasteiger partial charge in [0.2, 0.25) is 0 Å². The van der Waals surface area contributed by atoms with Crippen molar-refractivity contribution >= 4 is 27.5 Å². The summed E-state index contributed by atoms with van der Waals surface area (Å²) in [5, 5.41) is 3.80. The van der Waals surface area contributed by atoms with Crippen molar-refractivity contribution in [2.24, 2.45) is 0 Å². The van der Waals surface area contributed by atoms with Gasteiger partial charge in [0.1, 0.15) is 11.6 Å². The van der Waals surface area contributed by atoms with Gasteiger partial charge < -0.3 is 10.1 Å². The summed E-state index contributed by atoms with van der Waals surface area (Å²) < 4.78 is 20.0. The van der Waals surface area contributed by atoms with Gasteiger partial charge in [-0.15, -0.1) is 0 Å². The van der Waals surface area contributed by atoms with E-state index in [1.54, 1.807) is 31.4 Å². The molecule has 0 bridgehead atoms. The maximum absolute atomic E-state index is 14.4. The summed E-state index contributed by atoms with van der Waals surface area (Å²) >= 11 is 9.40. The summed E-state index contributed by atoms with van der Waals surface area (Å²) in [7, 11) is 1.57. The Kier molecular flexibility index (Phi) is 5.62. The van der Waals surface area contributed by atoms with Crippen LogP contribution in [0.2, 0.25) is 5.02 Å². The van der Waals surface area contributed by atoms with Gasteiger partial charge in [-0.05, 0) is 46.2 Å². The third kappa shape index (κ3) is 3.57. The quantitative estimate of drug-likeness (QED) is 0.802. The van der Waals surface area contributed by atoms with Crippen LogP contribution in [0.3, 0.4) is 0 Å². The molecular formula is C16H16BrClFNO. The minimum atomic E-state index is -0.268. The lowest BCUT2D eigenvalue weighted by Gasteiger charge is -2.20. The minimum absolute atomic E-state index is 0.268. The molecule has 0 saturated heterocycles. The lowest BCUT2D eigenvalue weighted by molar-refractivity contribution is 0.414. The number of hydrogen-bond donors (Lipinski definition) is 1. The van der Waals surface area contributed by atoms with Crippen LogP contribution >= 0.6 is 27.5 Å². The van der Waals surface area contributed by atoms with E-state index in [4.69, 9.17) is 16.3 Å². The van der Waals surface area contributed by atoms with Crippen LogP contribution in [0.5, 0.6) is 5.75 Å². The van der Waals surface area contributed by atoms with Crippen LogP contribution in [-0.2, 0) is 0 Å². The normalized spacial score (nSPS) is 12.2.